The maximum Gasteiger partial charge on any atom is 0.236 e. The second-order valence-corrected chi connectivity index (χ2v) is 4.44. The molecule has 0 fully saturated rings. The molecule has 0 radical (unpaired) electrons. The fourth-order valence-corrected chi connectivity index (χ4v) is 1.11. The first-order chi connectivity index (χ1) is 7.47. The van der Waals surface area contributed by atoms with Crippen LogP contribution in [0, 0.1) is 5.92 Å². The number of hydrogen-bond acceptors (Lipinski definition) is 4. The largest absolute Gasteiger partial charge is 0.394 e. The van der Waals surface area contributed by atoms with Gasteiger partial charge in [0.1, 0.15) is 0 Å². The monoisotopic (exact) mass is 232 g/mol. The summed E-state index contributed by atoms with van der Waals surface area (Å²) < 4.78 is 0. The van der Waals surface area contributed by atoms with Gasteiger partial charge in [0, 0.05) is 13.1 Å². The van der Waals surface area contributed by atoms with Crippen LogP contribution >= 0.6 is 0 Å². The van der Waals surface area contributed by atoms with E-state index in [9.17, 15) is 4.79 Å². The van der Waals surface area contributed by atoms with Crippen molar-refractivity contribution in [2.45, 2.75) is 39.3 Å². The summed E-state index contributed by atoms with van der Waals surface area (Å²) >= 11 is 0. The minimum absolute atomic E-state index is 0.0780. The molecule has 0 aliphatic carbocycles. The summed E-state index contributed by atoms with van der Waals surface area (Å²) in [6, 6.07) is -0.353. The van der Waals surface area contributed by atoms with Gasteiger partial charge in [0.25, 0.3) is 0 Å². The molecule has 0 spiro atoms. The van der Waals surface area contributed by atoms with Crippen LogP contribution in [-0.2, 0) is 4.79 Å². The number of carbonyl (C=O) groups excluding carboxylic acids is 1. The number of carbonyl (C=O) groups is 1. The molecule has 0 saturated heterocycles. The Hall–Kier alpha value is -0.650. The minimum Gasteiger partial charge on any atom is -0.394 e. The van der Waals surface area contributed by atoms with Gasteiger partial charge in [-0.05, 0) is 19.3 Å². The zero-order valence-corrected chi connectivity index (χ0v) is 10.4. The highest BCUT2D eigenvalue weighted by molar-refractivity contribution is 5.81. The van der Waals surface area contributed by atoms with E-state index in [2.05, 4.69) is 24.5 Å². The number of aliphatic hydroxyl groups is 2. The van der Waals surface area contributed by atoms with E-state index < -0.39 is 6.10 Å². The molecule has 0 aliphatic rings. The molecular weight excluding hydrogens is 208 g/mol. The predicted molar refractivity (Wildman–Crippen MR) is 63.0 cm³/mol. The lowest BCUT2D eigenvalue weighted by Crippen LogP contribution is -2.45. The first kappa shape index (κ1) is 15.3. The first-order valence-corrected chi connectivity index (χ1v) is 5.77. The van der Waals surface area contributed by atoms with Crippen LogP contribution in [-0.4, -0.2) is 48.0 Å². The number of nitrogens with one attached hydrogen (secondary N) is 2. The summed E-state index contributed by atoms with van der Waals surface area (Å²) in [5.74, 6) is 0.491. The molecule has 0 saturated carbocycles. The van der Waals surface area contributed by atoms with Crippen LogP contribution in [0.5, 0.6) is 0 Å². The molecule has 0 heterocycles. The van der Waals surface area contributed by atoms with Crippen LogP contribution in [0.4, 0.5) is 0 Å². The Kier molecular flexibility index (Phi) is 8.15. The van der Waals surface area contributed by atoms with E-state index in [0.717, 1.165) is 6.42 Å². The SMILES string of the molecule is CC(C)CCNC(=O)C(C)NCC(O)CO. The summed E-state index contributed by atoms with van der Waals surface area (Å²) in [7, 11) is 0. The second kappa shape index (κ2) is 8.50. The first-order valence-electron chi connectivity index (χ1n) is 5.77. The minimum atomic E-state index is -0.814. The van der Waals surface area contributed by atoms with Gasteiger partial charge < -0.3 is 20.8 Å². The van der Waals surface area contributed by atoms with Crippen molar-refractivity contribution >= 4 is 5.91 Å². The summed E-state index contributed by atoms with van der Waals surface area (Å²) in [6.45, 7) is 6.53. The standard InChI is InChI=1S/C11H24N2O3/c1-8(2)4-5-12-11(16)9(3)13-6-10(15)7-14/h8-10,13-15H,4-7H2,1-3H3,(H,12,16). The van der Waals surface area contributed by atoms with Crippen LogP contribution in [0.3, 0.4) is 0 Å². The van der Waals surface area contributed by atoms with Crippen LogP contribution in [0.25, 0.3) is 0 Å². The van der Waals surface area contributed by atoms with Gasteiger partial charge in [-0.3, -0.25) is 4.79 Å². The summed E-state index contributed by atoms with van der Waals surface area (Å²) in [6.07, 6.45) is 0.142. The topological polar surface area (TPSA) is 81.6 Å². The van der Waals surface area contributed by atoms with E-state index in [1.165, 1.54) is 0 Å². The molecule has 0 aromatic rings. The predicted octanol–water partition coefficient (Wildman–Crippen LogP) is -0.520. The lowest BCUT2D eigenvalue weighted by atomic mass is 10.1. The van der Waals surface area contributed by atoms with Gasteiger partial charge in [-0.1, -0.05) is 13.8 Å². The van der Waals surface area contributed by atoms with Crippen molar-refractivity contribution in [2.24, 2.45) is 5.92 Å². The number of rotatable bonds is 8. The van der Waals surface area contributed by atoms with Gasteiger partial charge in [-0.15, -0.1) is 0 Å². The molecule has 96 valence electrons. The molecule has 1 amide bonds. The fraction of sp³-hybridized carbons (Fsp3) is 0.909. The molecule has 5 heteroatoms. The van der Waals surface area contributed by atoms with Crippen molar-refractivity contribution in [3.8, 4) is 0 Å². The molecule has 2 unspecified atom stereocenters. The van der Waals surface area contributed by atoms with E-state index in [1.54, 1.807) is 6.92 Å². The van der Waals surface area contributed by atoms with Crippen molar-refractivity contribution in [1.29, 1.82) is 0 Å². The molecule has 4 N–H and O–H groups in total. The van der Waals surface area contributed by atoms with E-state index in [0.29, 0.717) is 12.5 Å². The van der Waals surface area contributed by atoms with Crippen molar-refractivity contribution in [1.82, 2.24) is 10.6 Å². The molecule has 5 nitrogen and oxygen atoms in total. The summed E-state index contributed by atoms with van der Waals surface area (Å²) in [4.78, 5) is 11.5. The van der Waals surface area contributed by atoms with Crippen molar-refractivity contribution in [2.75, 3.05) is 19.7 Å². The number of hydrogen-bond donors (Lipinski definition) is 4. The smallest absolute Gasteiger partial charge is 0.236 e. The Labute approximate surface area is 97.2 Å². The zero-order valence-electron chi connectivity index (χ0n) is 10.4. The summed E-state index contributed by atoms with van der Waals surface area (Å²) in [5.41, 5.74) is 0. The second-order valence-electron chi connectivity index (χ2n) is 4.44. The van der Waals surface area contributed by atoms with Gasteiger partial charge in [-0.25, -0.2) is 0 Å². The fourth-order valence-electron chi connectivity index (χ4n) is 1.11. The van der Waals surface area contributed by atoms with Crippen LogP contribution < -0.4 is 10.6 Å². The normalized spacial score (nSPS) is 14.9. The Morgan fingerprint density at radius 3 is 2.44 bits per heavy atom. The Morgan fingerprint density at radius 1 is 1.31 bits per heavy atom. The highest BCUT2D eigenvalue weighted by atomic mass is 16.3. The van der Waals surface area contributed by atoms with E-state index >= 15 is 0 Å². The third kappa shape index (κ3) is 7.62. The third-order valence-electron chi connectivity index (χ3n) is 2.28. The van der Waals surface area contributed by atoms with Crippen molar-refractivity contribution < 1.29 is 15.0 Å². The van der Waals surface area contributed by atoms with Gasteiger partial charge in [0.2, 0.25) is 5.91 Å². The van der Waals surface area contributed by atoms with Gasteiger partial charge >= 0.3 is 0 Å². The molecule has 0 bridgehead atoms. The maximum absolute atomic E-state index is 11.5. The number of amides is 1. The Bertz CT molecular complexity index is 198. The maximum atomic E-state index is 11.5. The molecule has 2 atom stereocenters. The lowest BCUT2D eigenvalue weighted by molar-refractivity contribution is -0.122. The zero-order chi connectivity index (χ0) is 12.6. The van der Waals surface area contributed by atoms with Gasteiger partial charge in [0.15, 0.2) is 0 Å². The van der Waals surface area contributed by atoms with E-state index in [-0.39, 0.29) is 25.1 Å². The number of aliphatic hydroxyl groups excluding tert-OH is 2. The lowest BCUT2D eigenvalue weighted by Gasteiger charge is -2.16. The molecule has 0 aromatic heterocycles. The van der Waals surface area contributed by atoms with Crippen LogP contribution in [0.2, 0.25) is 0 Å². The Morgan fingerprint density at radius 2 is 1.94 bits per heavy atom. The van der Waals surface area contributed by atoms with Crippen molar-refractivity contribution in [3.05, 3.63) is 0 Å². The van der Waals surface area contributed by atoms with Gasteiger partial charge in [0.05, 0.1) is 18.8 Å². The van der Waals surface area contributed by atoms with Crippen LogP contribution in [0.1, 0.15) is 27.2 Å². The quantitative estimate of drug-likeness (QED) is 0.454. The van der Waals surface area contributed by atoms with E-state index in [1.807, 2.05) is 0 Å². The highest BCUT2D eigenvalue weighted by Crippen LogP contribution is 1.96. The molecule has 0 aromatic carbocycles. The van der Waals surface area contributed by atoms with Crippen LogP contribution in [0.15, 0.2) is 0 Å². The van der Waals surface area contributed by atoms with Gasteiger partial charge in [-0.2, -0.15) is 0 Å². The average Bonchev–Trinajstić information content (AvgIpc) is 2.24. The molecule has 16 heavy (non-hydrogen) atoms. The average molecular weight is 232 g/mol. The van der Waals surface area contributed by atoms with E-state index in [4.69, 9.17) is 10.2 Å². The molecule has 0 rings (SSSR count). The third-order valence-corrected chi connectivity index (χ3v) is 2.28. The Balaban J connectivity index is 3.65. The molecular formula is C11H24N2O3. The highest BCUT2D eigenvalue weighted by Gasteiger charge is 2.13. The van der Waals surface area contributed by atoms with Crippen molar-refractivity contribution in [3.63, 3.8) is 0 Å². The molecule has 0 aliphatic heterocycles. The summed E-state index contributed by atoms with van der Waals surface area (Å²) in [5, 5.41) is 23.4.